The zero-order valence-corrected chi connectivity index (χ0v) is 11.0. The van der Waals surface area contributed by atoms with Crippen molar-refractivity contribution in [3.05, 3.63) is 28.8 Å². The lowest BCUT2D eigenvalue weighted by Crippen LogP contribution is -2.32. The summed E-state index contributed by atoms with van der Waals surface area (Å²) in [4.78, 5) is 10.8. The molecule has 6 heteroatoms. The predicted octanol–water partition coefficient (Wildman–Crippen LogP) is 2.07. The first-order valence-corrected chi connectivity index (χ1v) is 5.71. The number of benzene rings is 1. The van der Waals surface area contributed by atoms with Gasteiger partial charge in [-0.25, -0.2) is 8.78 Å². The number of rotatable bonds is 5. The van der Waals surface area contributed by atoms with Crippen LogP contribution in [-0.4, -0.2) is 24.2 Å². The molecule has 0 spiro atoms. The first-order chi connectivity index (χ1) is 8.66. The number of carboxylic acids is 1. The quantitative estimate of drug-likeness (QED) is 0.861. The summed E-state index contributed by atoms with van der Waals surface area (Å²) in [6, 6.07) is 1.78. The molecule has 106 valence electrons. The molecule has 3 N–H and O–H groups in total. The molecule has 0 aliphatic carbocycles. The van der Waals surface area contributed by atoms with Gasteiger partial charge < -0.3 is 15.6 Å². The second kappa shape index (κ2) is 5.52. The number of aryl methyl sites for hydroxylation is 1. The van der Waals surface area contributed by atoms with Crippen LogP contribution in [0.15, 0.2) is 12.1 Å². The number of carboxylic acid groups (broad SMARTS) is 1. The molecule has 1 aromatic rings. The van der Waals surface area contributed by atoms with Crippen molar-refractivity contribution in [2.24, 2.45) is 5.73 Å². The third-order valence-corrected chi connectivity index (χ3v) is 2.74. The molecule has 0 radical (unpaired) electrons. The highest BCUT2D eigenvalue weighted by Gasteiger charge is 2.31. The van der Waals surface area contributed by atoms with Gasteiger partial charge in [0.15, 0.2) is 0 Å². The van der Waals surface area contributed by atoms with E-state index in [-0.39, 0.29) is 17.7 Å². The van der Waals surface area contributed by atoms with Crippen LogP contribution in [0, 0.1) is 6.92 Å². The number of aliphatic carboxylic acids is 1. The second-order valence-electron chi connectivity index (χ2n) is 4.54. The molecule has 1 aromatic carbocycles. The van der Waals surface area contributed by atoms with Crippen LogP contribution in [0.25, 0.3) is 0 Å². The minimum atomic E-state index is -3.07. The monoisotopic (exact) mass is 273 g/mol. The van der Waals surface area contributed by atoms with Crippen molar-refractivity contribution in [2.45, 2.75) is 32.2 Å². The van der Waals surface area contributed by atoms with Crippen LogP contribution in [0.3, 0.4) is 0 Å². The summed E-state index contributed by atoms with van der Waals surface area (Å²) in [5.41, 5.74) is 6.15. The number of ether oxygens (including phenoxy) is 1. The fraction of sp³-hybridized carbons (Fsp3) is 0.462. The molecule has 19 heavy (non-hydrogen) atoms. The highest BCUT2D eigenvalue weighted by atomic mass is 19.3. The van der Waals surface area contributed by atoms with E-state index in [9.17, 15) is 13.6 Å². The first-order valence-electron chi connectivity index (χ1n) is 5.71. The van der Waals surface area contributed by atoms with Gasteiger partial charge in [-0.1, -0.05) is 11.6 Å². The molecular weight excluding hydrogens is 256 g/mol. The smallest absolute Gasteiger partial charge is 0.320 e. The fourth-order valence-corrected chi connectivity index (χ4v) is 1.89. The molecule has 4 nitrogen and oxygen atoms in total. The lowest BCUT2D eigenvalue weighted by Gasteiger charge is -2.20. The van der Waals surface area contributed by atoms with E-state index in [2.05, 4.69) is 0 Å². The standard InChI is InChI=1S/C13H17F2NO3/c1-7-4-8(6-10(16)12(17)18)11(19-3)9(5-7)13(2,14)15/h4-5,10H,6,16H2,1-3H3,(H,17,18). The van der Waals surface area contributed by atoms with Crippen molar-refractivity contribution >= 4 is 5.97 Å². The van der Waals surface area contributed by atoms with Gasteiger partial charge >= 0.3 is 5.97 Å². The van der Waals surface area contributed by atoms with Crippen molar-refractivity contribution in [2.75, 3.05) is 7.11 Å². The molecule has 0 aliphatic heterocycles. The average molecular weight is 273 g/mol. The minimum absolute atomic E-state index is 0.00481. The van der Waals surface area contributed by atoms with Crippen molar-refractivity contribution < 1.29 is 23.4 Å². The highest BCUT2D eigenvalue weighted by Crippen LogP contribution is 2.38. The third-order valence-electron chi connectivity index (χ3n) is 2.74. The number of carbonyl (C=O) groups is 1. The average Bonchev–Trinajstić information content (AvgIpc) is 2.26. The van der Waals surface area contributed by atoms with Crippen LogP contribution in [0.4, 0.5) is 8.78 Å². The molecule has 0 aliphatic rings. The summed E-state index contributed by atoms with van der Waals surface area (Å²) in [6.45, 7) is 2.43. The number of hydrogen-bond acceptors (Lipinski definition) is 3. The van der Waals surface area contributed by atoms with Crippen LogP contribution in [0.5, 0.6) is 5.75 Å². The molecule has 0 fully saturated rings. The van der Waals surface area contributed by atoms with Crippen LogP contribution in [0.2, 0.25) is 0 Å². The van der Waals surface area contributed by atoms with Crippen molar-refractivity contribution in [3.63, 3.8) is 0 Å². The van der Waals surface area contributed by atoms with Crippen LogP contribution in [0.1, 0.15) is 23.6 Å². The third kappa shape index (κ3) is 3.64. The Labute approximate surface area is 110 Å². The predicted molar refractivity (Wildman–Crippen MR) is 66.6 cm³/mol. The summed E-state index contributed by atoms with van der Waals surface area (Å²) in [5, 5.41) is 8.79. The van der Waals surface area contributed by atoms with Crippen LogP contribution >= 0.6 is 0 Å². The summed E-state index contributed by atoms with van der Waals surface area (Å²) in [7, 11) is 1.27. The van der Waals surface area contributed by atoms with Crippen molar-refractivity contribution in [3.8, 4) is 5.75 Å². The Bertz CT molecular complexity index is 484. The van der Waals surface area contributed by atoms with E-state index in [0.717, 1.165) is 6.92 Å². The maximum absolute atomic E-state index is 13.5. The molecular formula is C13H17F2NO3. The lowest BCUT2D eigenvalue weighted by molar-refractivity contribution is -0.138. The number of methoxy groups -OCH3 is 1. The SMILES string of the molecule is COc1c(CC(N)C(=O)O)cc(C)cc1C(C)(F)F. The fourth-order valence-electron chi connectivity index (χ4n) is 1.89. The highest BCUT2D eigenvalue weighted by molar-refractivity contribution is 5.73. The molecule has 0 saturated heterocycles. The van der Waals surface area contributed by atoms with Gasteiger partial charge in [-0.3, -0.25) is 4.79 Å². The molecule has 0 amide bonds. The van der Waals surface area contributed by atoms with Crippen LogP contribution in [-0.2, 0) is 17.1 Å². The zero-order valence-electron chi connectivity index (χ0n) is 11.0. The Morgan fingerprint density at radius 3 is 2.53 bits per heavy atom. The minimum Gasteiger partial charge on any atom is -0.496 e. The first kappa shape index (κ1) is 15.4. The van der Waals surface area contributed by atoms with Gasteiger partial charge in [0.2, 0.25) is 0 Å². The van der Waals surface area contributed by atoms with Gasteiger partial charge in [-0.2, -0.15) is 0 Å². The Morgan fingerprint density at radius 2 is 2.11 bits per heavy atom. The Morgan fingerprint density at radius 1 is 1.53 bits per heavy atom. The van der Waals surface area contributed by atoms with E-state index in [1.54, 1.807) is 13.0 Å². The van der Waals surface area contributed by atoms with E-state index < -0.39 is 17.9 Å². The topological polar surface area (TPSA) is 72.5 Å². The van der Waals surface area contributed by atoms with Crippen LogP contribution < -0.4 is 10.5 Å². The van der Waals surface area contributed by atoms with Gasteiger partial charge in [-0.05, 0) is 18.6 Å². The zero-order chi connectivity index (χ0) is 14.8. The number of alkyl halides is 2. The Balaban J connectivity index is 3.31. The van der Waals surface area contributed by atoms with Gasteiger partial charge in [-0.15, -0.1) is 0 Å². The number of hydrogen-bond donors (Lipinski definition) is 2. The van der Waals surface area contributed by atoms with Gasteiger partial charge in [0.05, 0.1) is 12.7 Å². The normalized spacial score (nSPS) is 13.2. The number of nitrogens with two attached hydrogens (primary N) is 1. The van der Waals surface area contributed by atoms with E-state index >= 15 is 0 Å². The molecule has 1 atom stereocenters. The second-order valence-corrected chi connectivity index (χ2v) is 4.54. The van der Waals surface area contributed by atoms with E-state index in [4.69, 9.17) is 15.6 Å². The molecule has 1 rings (SSSR count). The summed E-state index contributed by atoms with van der Waals surface area (Å²) in [6.07, 6.45) is -0.0662. The lowest BCUT2D eigenvalue weighted by atomic mass is 9.96. The Hall–Kier alpha value is -1.69. The Kier molecular flexibility index (Phi) is 4.47. The van der Waals surface area contributed by atoms with Crippen molar-refractivity contribution in [1.82, 2.24) is 0 Å². The van der Waals surface area contributed by atoms with Gasteiger partial charge in [0, 0.05) is 13.3 Å². The summed E-state index contributed by atoms with van der Waals surface area (Å²) >= 11 is 0. The van der Waals surface area contributed by atoms with E-state index in [1.165, 1.54) is 13.2 Å². The maximum atomic E-state index is 13.5. The molecule has 1 unspecified atom stereocenters. The number of halogens is 2. The largest absolute Gasteiger partial charge is 0.496 e. The summed E-state index contributed by atoms with van der Waals surface area (Å²) in [5.74, 6) is -4.26. The summed E-state index contributed by atoms with van der Waals surface area (Å²) < 4.78 is 32.1. The van der Waals surface area contributed by atoms with Gasteiger partial charge in [0.25, 0.3) is 5.92 Å². The van der Waals surface area contributed by atoms with E-state index in [1.807, 2.05) is 0 Å². The molecule has 0 saturated carbocycles. The van der Waals surface area contributed by atoms with Gasteiger partial charge in [0.1, 0.15) is 11.8 Å². The van der Waals surface area contributed by atoms with E-state index in [0.29, 0.717) is 11.1 Å². The molecule has 0 heterocycles. The molecule has 0 aromatic heterocycles. The van der Waals surface area contributed by atoms with Crippen molar-refractivity contribution in [1.29, 1.82) is 0 Å². The maximum Gasteiger partial charge on any atom is 0.320 e. The molecule has 0 bridgehead atoms.